The van der Waals surface area contributed by atoms with Crippen LogP contribution >= 0.6 is 0 Å². The maximum atomic E-state index is 2.78. The first-order chi connectivity index (χ1) is 20.0. The first-order valence-corrected chi connectivity index (χ1v) is 16.3. The summed E-state index contributed by atoms with van der Waals surface area (Å²) in [5.74, 6) is 0. The van der Waals surface area contributed by atoms with Crippen LogP contribution in [0.3, 0.4) is 0 Å². The maximum Gasteiger partial charge on any atom is 0.0113 e. The maximum absolute atomic E-state index is 2.78. The number of nitrogens with zero attached hydrogens (tertiary/aromatic N) is 3. The van der Waals surface area contributed by atoms with Gasteiger partial charge in [0, 0.05) is 44.3 Å². The molecule has 0 bridgehead atoms. The molecule has 3 heteroatoms. The Kier molecular flexibility index (Phi) is 15.2. The molecule has 0 unspecified atom stereocenters. The highest BCUT2D eigenvalue weighted by Gasteiger charge is 2.20. The first-order valence-electron chi connectivity index (χ1n) is 16.3. The SMILES string of the molecule is CCN(CCN(CCN(CC)[C@H](C)CCc1ccccc1)[C@H](C)CCc1ccccc1)[C@H](C)CCc1ccccc1. The minimum absolute atomic E-state index is 0.562. The zero-order valence-corrected chi connectivity index (χ0v) is 26.7. The molecule has 41 heavy (non-hydrogen) atoms. The van der Waals surface area contributed by atoms with Gasteiger partial charge in [0.2, 0.25) is 0 Å². The molecule has 0 radical (unpaired) electrons. The summed E-state index contributed by atoms with van der Waals surface area (Å²) in [5, 5.41) is 0. The largest absolute Gasteiger partial charge is 0.300 e. The van der Waals surface area contributed by atoms with Crippen molar-refractivity contribution in [2.75, 3.05) is 39.3 Å². The summed E-state index contributed by atoms with van der Waals surface area (Å²) >= 11 is 0. The Morgan fingerprint density at radius 2 is 0.683 bits per heavy atom. The fourth-order valence-corrected chi connectivity index (χ4v) is 6.06. The van der Waals surface area contributed by atoms with Gasteiger partial charge in [-0.15, -0.1) is 0 Å². The highest BCUT2D eigenvalue weighted by Crippen LogP contribution is 2.15. The molecule has 0 aromatic heterocycles. The zero-order chi connectivity index (χ0) is 29.3. The van der Waals surface area contributed by atoms with E-state index < -0.39 is 0 Å². The quantitative estimate of drug-likeness (QED) is 0.140. The summed E-state index contributed by atoms with van der Waals surface area (Å²) in [5.41, 5.74) is 4.36. The summed E-state index contributed by atoms with van der Waals surface area (Å²) in [6, 6.07) is 34.7. The van der Waals surface area contributed by atoms with E-state index in [0.717, 1.165) is 58.5 Å². The molecule has 0 amide bonds. The lowest BCUT2D eigenvalue weighted by Gasteiger charge is -2.36. The fraction of sp³-hybridized carbons (Fsp3) is 0.526. The molecule has 0 fully saturated rings. The Hall–Kier alpha value is -2.46. The second-order valence-corrected chi connectivity index (χ2v) is 11.9. The van der Waals surface area contributed by atoms with Gasteiger partial charge in [-0.1, -0.05) is 105 Å². The molecular formula is C38H57N3. The van der Waals surface area contributed by atoms with Crippen LogP contribution in [0.4, 0.5) is 0 Å². The van der Waals surface area contributed by atoms with E-state index in [4.69, 9.17) is 0 Å². The van der Waals surface area contributed by atoms with Gasteiger partial charge in [-0.05, 0) is 89.1 Å². The highest BCUT2D eigenvalue weighted by atomic mass is 15.2. The molecule has 0 heterocycles. The van der Waals surface area contributed by atoms with Crippen LogP contribution in [0.1, 0.15) is 70.6 Å². The van der Waals surface area contributed by atoms with Crippen LogP contribution in [0.25, 0.3) is 0 Å². The number of aryl methyl sites for hydroxylation is 3. The Balaban J connectivity index is 1.57. The van der Waals surface area contributed by atoms with Crippen molar-refractivity contribution < 1.29 is 0 Å². The second-order valence-electron chi connectivity index (χ2n) is 11.9. The molecule has 0 N–H and O–H groups in total. The van der Waals surface area contributed by atoms with Gasteiger partial charge >= 0.3 is 0 Å². The van der Waals surface area contributed by atoms with E-state index in [2.05, 4.69) is 140 Å². The molecule has 3 rings (SSSR count). The molecule has 0 spiro atoms. The summed E-state index contributed by atoms with van der Waals surface area (Å²) in [6.45, 7) is 18.7. The van der Waals surface area contributed by atoms with Gasteiger partial charge in [0.15, 0.2) is 0 Å². The molecule has 0 aliphatic rings. The van der Waals surface area contributed by atoms with E-state index in [-0.39, 0.29) is 0 Å². The van der Waals surface area contributed by atoms with E-state index in [9.17, 15) is 0 Å². The Bertz CT molecular complexity index is 977. The molecule has 0 saturated heterocycles. The molecule has 3 aromatic carbocycles. The van der Waals surface area contributed by atoms with Crippen molar-refractivity contribution in [2.24, 2.45) is 0 Å². The smallest absolute Gasteiger partial charge is 0.0113 e. The van der Waals surface area contributed by atoms with Gasteiger partial charge < -0.3 is 0 Å². The van der Waals surface area contributed by atoms with Crippen LogP contribution in [-0.2, 0) is 19.3 Å². The van der Waals surface area contributed by atoms with Gasteiger partial charge in [-0.25, -0.2) is 0 Å². The molecule has 3 aromatic rings. The Labute approximate surface area is 252 Å². The molecule has 3 atom stereocenters. The summed E-state index contributed by atoms with van der Waals surface area (Å²) in [4.78, 5) is 8.17. The van der Waals surface area contributed by atoms with E-state index in [1.54, 1.807) is 0 Å². The van der Waals surface area contributed by atoms with Crippen molar-refractivity contribution >= 4 is 0 Å². The Morgan fingerprint density at radius 1 is 0.415 bits per heavy atom. The van der Waals surface area contributed by atoms with Crippen LogP contribution in [0.5, 0.6) is 0 Å². The van der Waals surface area contributed by atoms with E-state index in [0.29, 0.717) is 18.1 Å². The molecule has 224 valence electrons. The second kappa shape index (κ2) is 18.9. The van der Waals surface area contributed by atoms with Gasteiger partial charge in [0.25, 0.3) is 0 Å². The van der Waals surface area contributed by atoms with Crippen molar-refractivity contribution in [1.29, 1.82) is 0 Å². The third-order valence-electron chi connectivity index (χ3n) is 9.11. The van der Waals surface area contributed by atoms with Crippen molar-refractivity contribution in [1.82, 2.24) is 14.7 Å². The summed E-state index contributed by atoms with van der Waals surface area (Å²) in [6.07, 6.45) is 7.09. The van der Waals surface area contributed by atoms with Crippen molar-refractivity contribution in [3.8, 4) is 0 Å². The van der Waals surface area contributed by atoms with Crippen molar-refractivity contribution in [2.45, 2.75) is 91.3 Å². The van der Waals surface area contributed by atoms with Crippen molar-refractivity contribution in [3.05, 3.63) is 108 Å². The number of benzene rings is 3. The number of likely N-dealkylation sites (N-methyl/N-ethyl adjacent to an activating group) is 2. The highest BCUT2D eigenvalue weighted by molar-refractivity contribution is 5.16. The number of hydrogen-bond donors (Lipinski definition) is 0. The topological polar surface area (TPSA) is 9.72 Å². The third kappa shape index (κ3) is 12.1. The van der Waals surface area contributed by atoms with E-state index in [1.165, 1.54) is 36.0 Å². The fourth-order valence-electron chi connectivity index (χ4n) is 6.06. The van der Waals surface area contributed by atoms with Crippen LogP contribution in [0.15, 0.2) is 91.0 Å². The van der Waals surface area contributed by atoms with Crippen molar-refractivity contribution in [3.63, 3.8) is 0 Å². The lowest BCUT2D eigenvalue weighted by Crippen LogP contribution is -2.47. The standard InChI is InChI=1S/C38H57N3/c1-6-39(33(3)23-26-36-17-11-8-12-18-36)29-31-41(35(5)25-28-38-21-15-10-16-22-38)32-30-40(7-2)34(4)24-27-37-19-13-9-14-20-37/h8-22,33-35H,6-7,23-32H2,1-5H3/t33-,34-,35-/m1/s1. The minimum atomic E-state index is 0.562. The van der Waals surface area contributed by atoms with Crippen LogP contribution in [0, 0.1) is 0 Å². The number of rotatable bonds is 20. The molecule has 0 aliphatic heterocycles. The molecule has 0 saturated carbocycles. The molecule has 3 nitrogen and oxygen atoms in total. The van der Waals surface area contributed by atoms with Crippen LogP contribution in [0.2, 0.25) is 0 Å². The predicted octanol–water partition coefficient (Wildman–Crippen LogP) is 8.00. The van der Waals surface area contributed by atoms with Gasteiger partial charge in [0.1, 0.15) is 0 Å². The van der Waals surface area contributed by atoms with Crippen LogP contribution < -0.4 is 0 Å². The average Bonchev–Trinajstić information content (AvgIpc) is 3.02. The molecule has 0 aliphatic carbocycles. The van der Waals surface area contributed by atoms with E-state index in [1.807, 2.05) is 0 Å². The normalized spacial score (nSPS) is 14.0. The molecular weight excluding hydrogens is 498 g/mol. The number of hydrogen-bond acceptors (Lipinski definition) is 3. The first kappa shape index (κ1) is 33.0. The summed E-state index contributed by atoms with van der Waals surface area (Å²) in [7, 11) is 0. The third-order valence-corrected chi connectivity index (χ3v) is 9.11. The van der Waals surface area contributed by atoms with Gasteiger partial charge in [-0.2, -0.15) is 0 Å². The lowest BCUT2D eigenvalue weighted by molar-refractivity contribution is 0.116. The minimum Gasteiger partial charge on any atom is -0.300 e. The van der Waals surface area contributed by atoms with Crippen LogP contribution in [-0.4, -0.2) is 72.1 Å². The Morgan fingerprint density at radius 3 is 0.976 bits per heavy atom. The monoisotopic (exact) mass is 555 g/mol. The van der Waals surface area contributed by atoms with E-state index >= 15 is 0 Å². The van der Waals surface area contributed by atoms with Gasteiger partial charge in [-0.3, -0.25) is 14.7 Å². The zero-order valence-electron chi connectivity index (χ0n) is 26.7. The van der Waals surface area contributed by atoms with Gasteiger partial charge in [0.05, 0.1) is 0 Å². The average molecular weight is 556 g/mol. The predicted molar refractivity (Wildman–Crippen MR) is 179 cm³/mol. The lowest BCUT2D eigenvalue weighted by atomic mass is 10.0. The summed E-state index contributed by atoms with van der Waals surface area (Å²) < 4.78 is 0.